The summed E-state index contributed by atoms with van der Waals surface area (Å²) in [4.78, 5) is 18.2. The summed E-state index contributed by atoms with van der Waals surface area (Å²) < 4.78 is 39.7. The highest BCUT2D eigenvalue weighted by molar-refractivity contribution is 5.77. The maximum atomic E-state index is 12.6. The predicted octanol–water partition coefficient (Wildman–Crippen LogP) is 3.95. The van der Waals surface area contributed by atoms with Crippen LogP contribution in [0.4, 0.5) is 13.2 Å². The van der Waals surface area contributed by atoms with E-state index in [0.29, 0.717) is 25.5 Å². The van der Waals surface area contributed by atoms with Gasteiger partial charge in [-0.3, -0.25) is 4.79 Å². The largest absolute Gasteiger partial charge is 0.416 e. The molecule has 136 valence electrons. The lowest BCUT2D eigenvalue weighted by Crippen LogP contribution is -2.34. The second kappa shape index (κ2) is 7.72. The molecular weight excluding hydrogens is 331 g/mol. The van der Waals surface area contributed by atoms with Gasteiger partial charge in [0.05, 0.1) is 12.1 Å². The molecule has 0 unspecified atom stereocenters. The lowest BCUT2D eigenvalue weighted by atomic mass is 10.1. The monoisotopic (exact) mass is 353 g/mol. The zero-order valence-electron chi connectivity index (χ0n) is 14.5. The molecule has 1 heterocycles. The van der Waals surface area contributed by atoms with E-state index < -0.39 is 11.7 Å². The molecule has 0 saturated carbocycles. The van der Waals surface area contributed by atoms with E-state index >= 15 is 0 Å². The molecule has 2 rings (SSSR count). The third-order valence-electron chi connectivity index (χ3n) is 3.96. The Morgan fingerprint density at radius 2 is 1.88 bits per heavy atom. The number of benzene rings is 1. The van der Waals surface area contributed by atoms with Crippen LogP contribution in [0.5, 0.6) is 0 Å². The second-order valence-corrected chi connectivity index (χ2v) is 6.17. The Balaban J connectivity index is 2.12. The number of aromatic nitrogens is 2. The fraction of sp³-hybridized carbons (Fsp3) is 0.444. The highest BCUT2D eigenvalue weighted by Gasteiger charge is 2.29. The van der Waals surface area contributed by atoms with E-state index in [4.69, 9.17) is 0 Å². The van der Waals surface area contributed by atoms with E-state index in [1.54, 1.807) is 17.3 Å². The molecule has 0 atom stereocenters. The van der Waals surface area contributed by atoms with Crippen LogP contribution in [-0.2, 0) is 24.1 Å². The summed E-state index contributed by atoms with van der Waals surface area (Å²) in [5, 5.41) is 0. The Bertz CT molecular complexity index is 705. The van der Waals surface area contributed by atoms with E-state index in [-0.39, 0.29) is 11.8 Å². The van der Waals surface area contributed by atoms with Crippen molar-refractivity contribution < 1.29 is 18.0 Å². The molecule has 0 saturated heterocycles. The van der Waals surface area contributed by atoms with Crippen molar-refractivity contribution >= 4 is 5.91 Å². The van der Waals surface area contributed by atoms with Crippen molar-refractivity contribution in [1.29, 1.82) is 0 Å². The average molecular weight is 353 g/mol. The molecule has 4 nitrogen and oxygen atoms in total. The Kier molecular flexibility index (Phi) is 5.87. The molecule has 0 fully saturated rings. The summed E-state index contributed by atoms with van der Waals surface area (Å²) >= 11 is 0. The third-order valence-corrected chi connectivity index (χ3v) is 3.96. The number of halogens is 3. The second-order valence-electron chi connectivity index (χ2n) is 6.17. The van der Waals surface area contributed by atoms with Gasteiger partial charge in [-0.15, -0.1) is 0 Å². The highest BCUT2D eigenvalue weighted by atomic mass is 19.4. The lowest BCUT2D eigenvalue weighted by molar-refractivity contribution is -0.137. The first-order valence-electron chi connectivity index (χ1n) is 8.17. The van der Waals surface area contributed by atoms with Crippen LogP contribution in [0.3, 0.4) is 0 Å². The third kappa shape index (κ3) is 4.84. The fourth-order valence-electron chi connectivity index (χ4n) is 2.51. The molecule has 7 heteroatoms. The van der Waals surface area contributed by atoms with Crippen molar-refractivity contribution in [3.8, 4) is 0 Å². The molecular formula is C18H22F3N3O. The van der Waals surface area contributed by atoms with Gasteiger partial charge < -0.3 is 9.47 Å². The molecule has 25 heavy (non-hydrogen) atoms. The quantitative estimate of drug-likeness (QED) is 0.789. The van der Waals surface area contributed by atoms with Crippen LogP contribution in [0.1, 0.15) is 37.7 Å². The molecule has 0 N–H and O–H groups in total. The number of rotatable bonds is 6. The van der Waals surface area contributed by atoms with Crippen LogP contribution >= 0.6 is 0 Å². The molecule has 0 radical (unpaired) electrons. The minimum absolute atomic E-state index is 0.0478. The minimum Gasteiger partial charge on any atom is -0.335 e. The van der Waals surface area contributed by atoms with Gasteiger partial charge in [0.1, 0.15) is 5.82 Å². The normalized spacial score (nSPS) is 11.8. The van der Waals surface area contributed by atoms with Gasteiger partial charge in [-0.2, -0.15) is 13.2 Å². The van der Waals surface area contributed by atoms with Crippen LogP contribution in [0.15, 0.2) is 36.7 Å². The van der Waals surface area contributed by atoms with Crippen molar-refractivity contribution in [1.82, 2.24) is 14.5 Å². The zero-order valence-corrected chi connectivity index (χ0v) is 14.5. The summed E-state index contributed by atoms with van der Waals surface area (Å²) in [5.74, 6) is 0.653. The van der Waals surface area contributed by atoms with Crippen LogP contribution in [0.2, 0.25) is 0 Å². The summed E-state index contributed by atoms with van der Waals surface area (Å²) in [6.07, 6.45) is -0.939. The number of imidazole rings is 1. The lowest BCUT2D eigenvalue weighted by Gasteiger charge is -2.23. The van der Waals surface area contributed by atoms with Gasteiger partial charge in [0.2, 0.25) is 5.91 Å². The first-order chi connectivity index (χ1) is 11.7. The van der Waals surface area contributed by atoms with E-state index in [9.17, 15) is 18.0 Å². The van der Waals surface area contributed by atoms with Crippen LogP contribution < -0.4 is 0 Å². The summed E-state index contributed by atoms with van der Waals surface area (Å²) in [6, 6.07) is 5.08. The summed E-state index contributed by atoms with van der Waals surface area (Å²) in [5.41, 5.74) is 0.0762. The number of nitrogens with zero attached hydrogens (tertiary/aromatic N) is 3. The zero-order chi connectivity index (χ0) is 18.6. The maximum absolute atomic E-state index is 12.6. The molecule has 2 aromatic rings. The Labute approximate surface area is 145 Å². The van der Waals surface area contributed by atoms with Gasteiger partial charge >= 0.3 is 6.18 Å². The number of carbonyl (C=O) groups is 1. The number of amides is 1. The van der Waals surface area contributed by atoms with Gasteiger partial charge in [0.25, 0.3) is 0 Å². The minimum atomic E-state index is -4.34. The Morgan fingerprint density at radius 1 is 1.24 bits per heavy atom. The predicted molar refractivity (Wildman–Crippen MR) is 88.7 cm³/mol. The van der Waals surface area contributed by atoms with Gasteiger partial charge in [-0.1, -0.05) is 26.0 Å². The van der Waals surface area contributed by atoms with Crippen LogP contribution in [0.25, 0.3) is 0 Å². The van der Waals surface area contributed by atoms with Gasteiger partial charge in [0, 0.05) is 31.4 Å². The maximum Gasteiger partial charge on any atom is 0.416 e. The van der Waals surface area contributed by atoms with Crippen LogP contribution in [0, 0.1) is 5.92 Å². The number of alkyl halides is 3. The fourth-order valence-corrected chi connectivity index (χ4v) is 2.51. The highest BCUT2D eigenvalue weighted by Crippen LogP contribution is 2.29. The first kappa shape index (κ1) is 19.0. The average Bonchev–Trinajstić information content (AvgIpc) is 2.98. The standard InChI is InChI=1S/C18H22F3N3O/c1-4-23(17(25)13(2)3)12-16-22-9-10-24(16)11-14-5-7-15(8-6-14)18(19,20)21/h5-10,13H,4,11-12H2,1-3H3. The Hall–Kier alpha value is -2.31. The van der Waals surface area contributed by atoms with Crippen molar-refractivity contribution in [2.45, 2.75) is 40.0 Å². The molecule has 0 aliphatic carbocycles. The van der Waals surface area contributed by atoms with E-state index in [1.807, 2.05) is 25.3 Å². The van der Waals surface area contributed by atoms with Crippen molar-refractivity contribution in [2.24, 2.45) is 5.92 Å². The van der Waals surface area contributed by atoms with Crippen molar-refractivity contribution in [3.05, 3.63) is 53.6 Å². The van der Waals surface area contributed by atoms with Crippen molar-refractivity contribution in [2.75, 3.05) is 6.54 Å². The van der Waals surface area contributed by atoms with Crippen LogP contribution in [-0.4, -0.2) is 26.9 Å². The molecule has 1 amide bonds. The molecule has 0 bridgehead atoms. The van der Waals surface area contributed by atoms with Crippen molar-refractivity contribution in [3.63, 3.8) is 0 Å². The first-order valence-corrected chi connectivity index (χ1v) is 8.17. The number of hydrogen-bond acceptors (Lipinski definition) is 2. The van der Waals surface area contributed by atoms with E-state index in [0.717, 1.165) is 17.7 Å². The topological polar surface area (TPSA) is 38.1 Å². The smallest absolute Gasteiger partial charge is 0.335 e. The summed E-state index contributed by atoms with van der Waals surface area (Å²) in [7, 11) is 0. The van der Waals surface area contributed by atoms with Gasteiger partial charge in [-0.05, 0) is 24.6 Å². The van der Waals surface area contributed by atoms with E-state index in [1.165, 1.54) is 12.1 Å². The Morgan fingerprint density at radius 3 is 2.40 bits per heavy atom. The molecule has 0 aliphatic rings. The summed E-state index contributed by atoms with van der Waals surface area (Å²) in [6.45, 7) is 6.95. The number of carbonyl (C=O) groups excluding carboxylic acids is 1. The molecule has 0 aliphatic heterocycles. The SMILES string of the molecule is CCN(Cc1nccn1Cc1ccc(C(F)(F)F)cc1)C(=O)C(C)C. The molecule has 0 spiro atoms. The number of hydrogen-bond donors (Lipinski definition) is 0. The molecule has 1 aromatic heterocycles. The molecule has 1 aromatic carbocycles. The van der Waals surface area contributed by atoms with Gasteiger partial charge in [-0.25, -0.2) is 4.98 Å². The van der Waals surface area contributed by atoms with E-state index in [2.05, 4.69) is 4.98 Å². The van der Waals surface area contributed by atoms with Gasteiger partial charge in [0.15, 0.2) is 0 Å².